The number of oxazole rings is 1. The summed E-state index contributed by atoms with van der Waals surface area (Å²) >= 11 is 0. The average Bonchev–Trinajstić information content (AvgIpc) is 3.85. The Morgan fingerprint density at radius 1 is 0.455 bits per heavy atom. The van der Waals surface area contributed by atoms with Crippen molar-refractivity contribution < 1.29 is 4.42 Å². The van der Waals surface area contributed by atoms with E-state index in [1.54, 1.807) is 0 Å². The van der Waals surface area contributed by atoms with Gasteiger partial charge in [-0.2, -0.15) is 0 Å². The highest BCUT2D eigenvalue weighted by molar-refractivity contribution is 6.22. The van der Waals surface area contributed by atoms with Crippen molar-refractivity contribution in [2.24, 2.45) is 0 Å². The van der Waals surface area contributed by atoms with Gasteiger partial charge in [-0.25, -0.2) is 4.98 Å². The van der Waals surface area contributed by atoms with E-state index in [1.807, 2.05) is 36.4 Å². The van der Waals surface area contributed by atoms with Crippen molar-refractivity contribution >= 4 is 71.5 Å². The molecule has 0 amide bonds. The van der Waals surface area contributed by atoms with Gasteiger partial charge in [0.25, 0.3) is 0 Å². The van der Waals surface area contributed by atoms with E-state index in [9.17, 15) is 0 Å². The molecule has 0 N–H and O–H groups in total. The van der Waals surface area contributed by atoms with E-state index in [1.165, 1.54) is 43.7 Å². The van der Waals surface area contributed by atoms with E-state index in [-0.39, 0.29) is 0 Å². The fourth-order valence-electron chi connectivity index (χ4n) is 8.34. The first-order valence-electron chi connectivity index (χ1n) is 18.6. The van der Waals surface area contributed by atoms with Crippen LogP contribution in [-0.4, -0.2) is 9.55 Å². The Balaban J connectivity index is 1.16. The minimum atomic E-state index is 0.600. The molecule has 4 nitrogen and oxygen atoms in total. The molecular weight excluding hydrogens is 671 g/mol. The average molecular weight is 704 g/mol. The number of nitrogens with zero attached hydrogens (tertiary/aromatic N) is 3. The zero-order valence-electron chi connectivity index (χ0n) is 29.8. The fourth-order valence-corrected chi connectivity index (χ4v) is 8.34. The van der Waals surface area contributed by atoms with Crippen molar-refractivity contribution in [2.45, 2.75) is 0 Å². The van der Waals surface area contributed by atoms with E-state index < -0.39 is 0 Å². The SMILES string of the molecule is c1ccc(-c2nc3cccc(N(c4ccc5c(ccc6c5c5ccccc5n6-c5cccc6ccccc56)c4)c4ccccc4-c4ccccc4)c3o2)cc1. The Labute approximate surface area is 317 Å². The molecule has 4 heteroatoms. The summed E-state index contributed by atoms with van der Waals surface area (Å²) in [5.74, 6) is 0.600. The summed E-state index contributed by atoms with van der Waals surface area (Å²) in [7, 11) is 0. The number of aromatic nitrogens is 2. The van der Waals surface area contributed by atoms with Crippen LogP contribution in [0, 0.1) is 0 Å². The zero-order chi connectivity index (χ0) is 36.3. The number of para-hydroxylation sites is 3. The summed E-state index contributed by atoms with van der Waals surface area (Å²) in [6.45, 7) is 0. The van der Waals surface area contributed by atoms with Crippen LogP contribution in [0.1, 0.15) is 0 Å². The molecular formula is C51H33N3O. The molecule has 11 aromatic rings. The monoisotopic (exact) mass is 703 g/mol. The number of hydrogen-bond acceptors (Lipinski definition) is 3. The molecule has 2 heterocycles. The highest BCUT2D eigenvalue weighted by atomic mass is 16.3. The van der Waals surface area contributed by atoms with Gasteiger partial charge in [0.05, 0.1) is 28.1 Å². The number of benzene rings is 9. The molecule has 0 fully saturated rings. The van der Waals surface area contributed by atoms with Crippen molar-refractivity contribution in [3.8, 4) is 28.3 Å². The third kappa shape index (κ3) is 5.03. The quantitative estimate of drug-likeness (QED) is 0.173. The Hall–Kier alpha value is -7.43. The van der Waals surface area contributed by atoms with Crippen LogP contribution < -0.4 is 4.90 Å². The van der Waals surface area contributed by atoms with Crippen molar-refractivity contribution in [1.29, 1.82) is 0 Å². The van der Waals surface area contributed by atoms with Gasteiger partial charge in [0.2, 0.25) is 5.89 Å². The van der Waals surface area contributed by atoms with Gasteiger partial charge in [0, 0.05) is 33.0 Å². The van der Waals surface area contributed by atoms with Crippen LogP contribution in [0.3, 0.4) is 0 Å². The van der Waals surface area contributed by atoms with Crippen molar-refractivity contribution in [3.63, 3.8) is 0 Å². The van der Waals surface area contributed by atoms with Crippen LogP contribution in [0.15, 0.2) is 205 Å². The predicted octanol–water partition coefficient (Wildman–Crippen LogP) is 14.0. The molecule has 2 aromatic heterocycles. The van der Waals surface area contributed by atoms with E-state index in [2.05, 4.69) is 173 Å². The standard InChI is InChI=1S/C51H33N3O/c1-3-15-34(16-4-1)39-22-9-11-25-44(39)53(48-28-14-24-43-50(48)55-51(52-43)36-18-5-2-6-19-36)38-30-31-41-37(33-38)29-32-47-49(41)42-23-10-12-26-46(42)54(47)45-27-13-20-35-17-7-8-21-40(35)45/h1-33H. The lowest BCUT2D eigenvalue weighted by atomic mass is 10.00. The lowest BCUT2D eigenvalue weighted by Gasteiger charge is -2.28. The number of fused-ring (bicyclic) bond motifs is 7. The summed E-state index contributed by atoms with van der Waals surface area (Å²) in [5, 5.41) is 7.29. The van der Waals surface area contributed by atoms with E-state index in [4.69, 9.17) is 9.40 Å². The summed E-state index contributed by atoms with van der Waals surface area (Å²) in [6, 6.07) is 70.9. The number of hydrogen-bond donors (Lipinski definition) is 0. The van der Waals surface area contributed by atoms with Crippen LogP contribution in [0.25, 0.3) is 82.7 Å². The van der Waals surface area contributed by atoms with E-state index in [0.717, 1.165) is 50.2 Å². The highest BCUT2D eigenvalue weighted by Crippen LogP contribution is 2.46. The zero-order valence-corrected chi connectivity index (χ0v) is 29.8. The molecule has 0 saturated carbocycles. The molecule has 55 heavy (non-hydrogen) atoms. The van der Waals surface area contributed by atoms with Gasteiger partial charge in [-0.15, -0.1) is 0 Å². The fraction of sp³-hybridized carbons (Fsp3) is 0. The van der Waals surface area contributed by atoms with Gasteiger partial charge in [0.1, 0.15) is 5.52 Å². The Morgan fingerprint density at radius 2 is 1.15 bits per heavy atom. The number of anilines is 3. The Morgan fingerprint density at radius 3 is 2.02 bits per heavy atom. The van der Waals surface area contributed by atoms with Crippen LogP contribution >= 0.6 is 0 Å². The first-order valence-corrected chi connectivity index (χ1v) is 18.6. The van der Waals surface area contributed by atoms with Gasteiger partial charge in [-0.05, 0) is 82.4 Å². The topological polar surface area (TPSA) is 34.2 Å². The highest BCUT2D eigenvalue weighted by Gasteiger charge is 2.23. The second-order valence-corrected chi connectivity index (χ2v) is 13.9. The van der Waals surface area contributed by atoms with Crippen LogP contribution in [0.5, 0.6) is 0 Å². The first-order chi connectivity index (χ1) is 27.3. The summed E-state index contributed by atoms with van der Waals surface area (Å²) < 4.78 is 9.10. The second kappa shape index (κ2) is 12.6. The molecule has 11 rings (SSSR count). The molecule has 9 aromatic carbocycles. The molecule has 0 spiro atoms. The lowest BCUT2D eigenvalue weighted by Crippen LogP contribution is -2.11. The molecule has 0 atom stereocenters. The maximum Gasteiger partial charge on any atom is 0.227 e. The van der Waals surface area contributed by atoms with E-state index in [0.29, 0.717) is 5.89 Å². The third-order valence-electron chi connectivity index (χ3n) is 10.8. The van der Waals surface area contributed by atoms with E-state index >= 15 is 0 Å². The van der Waals surface area contributed by atoms with Gasteiger partial charge in [0.15, 0.2) is 5.58 Å². The van der Waals surface area contributed by atoms with Crippen molar-refractivity contribution in [3.05, 3.63) is 200 Å². The first kappa shape index (κ1) is 31.1. The van der Waals surface area contributed by atoms with Gasteiger partial charge >= 0.3 is 0 Å². The maximum atomic E-state index is 6.67. The van der Waals surface area contributed by atoms with Gasteiger partial charge in [-0.1, -0.05) is 140 Å². The van der Waals surface area contributed by atoms with Crippen molar-refractivity contribution in [2.75, 3.05) is 4.90 Å². The lowest BCUT2D eigenvalue weighted by molar-refractivity contribution is 0.620. The molecule has 0 unspecified atom stereocenters. The molecule has 0 radical (unpaired) electrons. The molecule has 0 aliphatic carbocycles. The molecule has 0 aliphatic rings. The van der Waals surface area contributed by atoms with Crippen LogP contribution in [0.2, 0.25) is 0 Å². The summed E-state index contributed by atoms with van der Waals surface area (Å²) in [6.07, 6.45) is 0. The smallest absolute Gasteiger partial charge is 0.227 e. The Kier molecular flexibility index (Phi) is 7.14. The molecule has 0 saturated heterocycles. The molecule has 0 bridgehead atoms. The second-order valence-electron chi connectivity index (χ2n) is 13.9. The summed E-state index contributed by atoms with van der Waals surface area (Å²) in [5.41, 5.74) is 11.3. The van der Waals surface area contributed by atoms with Crippen LogP contribution in [0.4, 0.5) is 17.1 Å². The third-order valence-corrected chi connectivity index (χ3v) is 10.8. The summed E-state index contributed by atoms with van der Waals surface area (Å²) in [4.78, 5) is 7.28. The minimum absolute atomic E-state index is 0.600. The maximum absolute atomic E-state index is 6.67. The normalized spacial score (nSPS) is 11.6. The number of rotatable bonds is 6. The van der Waals surface area contributed by atoms with Gasteiger partial charge in [-0.3, -0.25) is 0 Å². The Bertz CT molecular complexity index is 3210. The van der Waals surface area contributed by atoms with Crippen LogP contribution in [-0.2, 0) is 0 Å². The molecule has 0 aliphatic heterocycles. The molecule has 258 valence electrons. The minimum Gasteiger partial charge on any atom is -0.434 e. The largest absolute Gasteiger partial charge is 0.434 e. The van der Waals surface area contributed by atoms with Crippen molar-refractivity contribution in [1.82, 2.24) is 9.55 Å². The van der Waals surface area contributed by atoms with Gasteiger partial charge < -0.3 is 13.9 Å². The predicted molar refractivity (Wildman–Crippen MR) is 229 cm³/mol.